The molecule has 3 rings (SSSR count). The van der Waals surface area contributed by atoms with Crippen molar-refractivity contribution < 1.29 is 9.59 Å². The van der Waals surface area contributed by atoms with Crippen molar-refractivity contribution in [2.75, 3.05) is 6.54 Å². The monoisotopic (exact) mass is 320 g/mol. The molecule has 1 N–H and O–H groups in total. The molecular weight excluding hydrogens is 288 g/mol. The van der Waals surface area contributed by atoms with Crippen molar-refractivity contribution in [3.05, 3.63) is 0 Å². The fourth-order valence-corrected chi connectivity index (χ4v) is 4.55. The lowest BCUT2D eigenvalue weighted by Crippen LogP contribution is -2.42. The molecule has 23 heavy (non-hydrogen) atoms. The molecule has 1 atom stereocenters. The molecule has 1 aliphatic heterocycles. The number of rotatable bonds is 3. The summed E-state index contributed by atoms with van der Waals surface area (Å²) in [4.78, 5) is 27.0. The normalized spacial score (nSPS) is 33.5. The molecule has 4 nitrogen and oxygen atoms in total. The van der Waals surface area contributed by atoms with Crippen LogP contribution in [0.2, 0.25) is 0 Å². The van der Waals surface area contributed by atoms with E-state index in [1.165, 1.54) is 38.5 Å². The SMILES string of the molecule is CC1CCC(NC(=O)C2CC(=O)N(C3CCCCCC3)C2)CC1. The van der Waals surface area contributed by atoms with Gasteiger partial charge in [0.15, 0.2) is 0 Å². The van der Waals surface area contributed by atoms with Gasteiger partial charge in [-0.3, -0.25) is 9.59 Å². The second-order valence-corrected chi connectivity index (χ2v) is 8.06. The zero-order valence-corrected chi connectivity index (χ0v) is 14.6. The molecule has 0 aromatic carbocycles. The minimum Gasteiger partial charge on any atom is -0.353 e. The summed E-state index contributed by atoms with van der Waals surface area (Å²) in [6, 6.07) is 0.721. The van der Waals surface area contributed by atoms with Crippen molar-refractivity contribution in [1.82, 2.24) is 10.2 Å². The molecule has 1 saturated heterocycles. The summed E-state index contributed by atoms with van der Waals surface area (Å²) in [7, 11) is 0. The minimum atomic E-state index is -0.120. The van der Waals surface area contributed by atoms with Gasteiger partial charge in [-0.15, -0.1) is 0 Å². The Morgan fingerprint density at radius 2 is 1.65 bits per heavy atom. The molecule has 0 aromatic heterocycles. The van der Waals surface area contributed by atoms with Gasteiger partial charge in [-0.1, -0.05) is 32.6 Å². The number of likely N-dealkylation sites (tertiary alicyclic amines) is 1. The van der Waals surface area contributed by atoms with Gasteiger partial charge in [0.2, 0.25) is 11.8 Å². The number of nitrogens with one attached hydrogen (secondary N) is 1. The van der Waals surface area contributed by atoms with Crippen LogP contribution < -0.4 is 5.32 Å². The third kappa shape index (κ3) is 4.27. The molecule has 4 heteroatoms. The number of hydrogen-bond donors (Lipinski definition) is 1. The van der Waals surface area contributed by atoms with Crippen LogP contribution in [0, 0.1) is 11.8 Å². The fourth-order valence-electron chi connectivity index (χ4n) is 4.55. The second-order valence-electron chi connectivity index (χ2n) is 8.06. The van der Waals surface area contributed by atoms with Crippen LogP contribution in [0.4, 0.5) is 0 Å². The second kappa shape index (κ2) is 7.67. The zero-order valence-electron chi connectivity index (χ0n) is 14.6. The Morgan fingerprint density at radius 1 is 1.00 bits per heavy atom. The third-order valence-electron chi connectivity index (χ3n) is 6.16. The molecule has 3 aliphatic rings. The number of nitrogens with zero attached hydrogens (tertiary/aromatic N) is 1. The zero-order chi connectivity index (χ0) is 16.2. The van der Waals surface area contributed by atoms with Gasteiger partial charge in [-0.2, -0.15) is 0 Å². The molecule has 0 radical (unpaired) electrons. The van der Waals surface area contributed by atoms with E-state index in [2.05, 4.69) is 12.2 Å². The summed E-state index contributed by atoms with van der Waals surface area (Å²) >= 11 is 0. The maximum absolute atomic E-state index is 12.5. The summed E-state index contributed by atoms with van der Waals surface area (Å²) < 4.78 is 0. The lowest BCUT2D eigenvalue weighted by atomic mass is 9.87. The van der Waals surface area contributed by atoms with E-state index in [0.717, 1.165) is 31.6 Å². The Labute approximate surface area is 140 Å². The molecule has 2 saturated carbocycles. The highest BCUT2D eigenvalue weighted by atomic mass is 16.2. The first-order valence-corrected chi connectivity index (χ1v) is 9.73. The molecule has 130 valence electrons. The maximum atomic E-state index is 12.5. The Morgan fingerprint density at radius 3 is 2.30 bits per heavy atom. The van der Waals surface area contributed by atoms with Crippen LogP contribution in [0.25, 0.3) is 0 Å². The van der Waals surface area contributed by atoms with Gasteiger partial charge < -0.3 is 10.2 Å². The number of amides is 2. The van der Waals surface area contributed by atoms with Crippen molar-refractivity contribution >= 4 is 11.8 Å². The third-order valence-corrected chi connectivity index (χ3v) is 6.16. The van der Waals surface area contributed by atoms with Crippen molar-refractivity contribution in [3.63, 3.8) is 0 Å². The van der Waals surface area contributed by atoms with E-state index in [0.29, 0.717) is 25.0 Å². The summed E-state index contributed by atoms with van der Waals surface area (Å²) in [6.07, 6.45) is 12.3. The minimum absolute atomic E-state index is 0.119. The molecule has 1 unspecified atom stereocenters. The highest BCUT2D eigenvalue weighted by molar-refractivity contribution is 5.89. The van der Waals surface area contributed by atoms with Crippen LogP contribution in [0.5, 0.6) is 0 Å². The van der Waals surface area contributed by atoms with Crippen LogP contribution in [0.3, 0.4) is 0 Å². The van der Waals surface area contributed by atoms with E-state index >= 15 is 0 Å². The summed E-state index contributed by atoms with van der Waals surface area (Å²) in [5.41, 5.74) is 0. The first kappa shape index (κ1) is 16.8. The summed E-state index contributed by atoms with van der Waals surface area (Å²) in [5.74, 6) is 0.996. The lowest BCUT2D eigenvalue weighted by Gasteiger charge is -2.29. The Balaban J connectivity index is 1.51. The lowest BCUT2D eigenvalue weighted by molar-refractivity contribution is -0.130. The predicted octanol–water partition coefficient (Wildman–Crippen LogP) is 3.25. The maximum Gasteiger partial charge on any atom is 0.225 e. The first-order valence-electron chi connectivity index (χ1n) is 9.73. The average molecular weight is 320 g/mol. The predicted molar refractivity (Wildman–Crippen MR) is 90.9 cm³/mol. The largest absolute Gasteiger partial charge is 0.353 e. The number of carbonyl (C=O) groups excluding carboxylic acids is 2. The van der Waals surface area contributed by atoms with E-state index in [9.17, 15) is 9.59 Å². The molecule has 2 aliphatic carbocycles. The van der Waals surface area contributed by atoms with Gasteiger partial charge in [-0.25, -0.2) is 0 Å². The van der Waals surface area contributed by atoms with Crippen LogP contribution >= 0.6 is 0 Å². The molecular formula is C19H32N2O2. The van der Waals surface area contributed by atoms with Crippen LogP contribution in [0.15, 0.2) is 0 Å². The van der Waals surface area contributed by atoms with E-state index in [1.54, 1.807) is 0 Å². The fraction of sp³-hybridized carbons (Fsp3) is 0.895. The first-order chi connectivity index (χ1) is 11.1. The van der Waals surface area contributed by atoms with E-state index in [1.807, 2.05) is 4.90 Å². The van der Waals surface area contributed by atoms with Gasteiger partial charge in [0.05, 0.1) is 5.92 Å². The van der Waals surface area contributed by atoms with Crippen molar-refractivity contribution in [2.24, 2.45) is 11.8 Å². The Kier molecular flexibility index (Phi) is 5.60. The van der Waals surface area contributed by atoms with Crippen LogP contribution in [-0.4, -0.2) is 35.3 Å². The average Bonchev–Trinajstić information content (AvgIpc) is 2.75. The van der Waals surface area contributed by atoms with Crippen molar-refractivity contribution in [1.29, 1.82) is 0 Å². The number of carbonyl (C=O) groups is 2. The quantitative estimate of drug-likeness (QED) is 0.812. The topological polar surface area (TPSA) is 49.4 Å². The molecule has 3 fully saturated rings. The highest BCUT2D eigenvalue weighted by Crippen LogP contribution is 2.29. The Hall–Kier alpha value is -1.06. The van der Waals surface area contributed by atoms with E-state index in [-0.39, 0.29) is 17.7 Å². The van der Waals surface area contributed by atoms with Crippen molar-refractivity contribution in [3.8, 4) is 0 Å². The van der Waals surface area contributed by atoms with Gasteiger partial charge in [-0.05, 0) is 44.4 Å². The van der Waals surface area contributed by atoms with Crippen molar-refractivity contribution in [2.45, 2.75) is 89.6 Å². The van der Waals surface area contributed by atoms with E-state index in [4.69, 9.17) is 0 Å². The van der Waals surface area contributed by atoms with Gasteiger partial charge >= 0.3 is 0 Å². The van der Waals surface area contributed by atoms with E-state index < -0.39 is 0 Å². The van der Waals surface area contributed by atoms with Crippen LogP contribution in [0.1, 0.15) is 77.6 Å². The molecule has 0 bridgehead atoms. The smallest absolute Gasteiger partial charge is 0.225 e. The molecule has 0 spiro atoms. The standard InChI is InChI=1S/C19H32N2O2/c1-14-8-10-16(11-9-14)20-19(23)15-12-18(22)21(13-15)17-6-4-2-3-5-7-17/h14-17H,2-13H2,1H3,(H,20,23). The van der Waals surface area contributed by atoms with Crippen LogP contribution in [-0.2, 0) is 9.59 Å². The molecule has 1 heterocycles. The van der Waals surface area contributed by atoms with Gasteiger partial charge in [0.1, 0.15) is 0 Å². The highest BCUT2D eigenvalue weighted by Gasteiger charge is 2.38. The number of hydrogen-bond acceptors (Lipinski definition) is 2. The summed E-state index contributed by atoms with van der Waals surface area (Å²) in [6.45, 7) is 2.94. The molecule has 0 aromatic rings. The van der Waals surface area contributed by atoms with Gasteiger partial charge in [0.25, 0.3) is 0 Å². The summed E-state index contributed by atoms with van der Waals surface area (Å²) in [5, 5.41) is 3.22. The molecule has 2 amide bonds. The Bertz CT molecular complexity index is 421. The van der Waals surface area contributed by atoms with Gasteiger partial charge in [0, 0.05) is 25.0 Å².